The van der Waals surface area contributed by atoms with Gasteiger partial charge in [-0.3, -0.25) is 9.59 Å². The maximum absolute atomic E-state index is 12.9. The number of nitrogens with zero attached hydrogens (tertiary/aromatic N) is 1. The van der Waals surface area contributed by atoms with Crippen LogP contribution >= 0.6 is 0 Å². The normalized spacial score (nSPS) is 13.1. The van der Waals surface area contributed by atoms with E-state index in [9.17, 15) is 19.5 Å². The van der Waals surface area contributed by atoms with Crippen molar-refractivity contribution in [3.05, 3.63) is 60.8 Å². The minimum atomic E-state index is -1.62. The van der Waals surface area contributed by atoms with E-state index in [0.717, 1.165) is 77.0 Å². The summed E-state index contributed by atoms with van der Waals surface area (Å²) in [6.45, 7) is 4.70. The minimum absolute atomic E-state index is 0.145. The Morgan fingerprint density at radius 3 is 1.09 bits per heavy atom. The van der Waals surface area contributed by atoms with Crippen LogP contribution in [0.1, 0.15) is 290 Å². The lowest BCUT2D eigenvalue weighted by molar-refractivity contribution is -0.870. The second-order valence-corrected chi connectivity index (χ2v) is 22.7. The summed E-state index contributed by atoms with van der Waals surface area (Å²) in [5.74, 6) is -2.29. The number of quaternary nitrogens is 1. The van der Waals surface area contributed by atoms with Crippen LogP contribution in [0.5, 0.6) is 0 Å². The standard InChI is InChI=1S/C67H121NO8/c1-6-8-10-12-14-16-18-20-22-23-24-25-26-27-28-29-30-31-32-33-34-35-36-37-38-39-40-41-42-43-44-46-48-50-52-54-56-58-65(70)76-63(62-75-67(66(71)72)73-60-59-68(3,4)5)61-74-64(69)57-55-53-51-49-47-45-21-19-17-15-13-11-9-7-2/h13,15,18-21,23-24,26-27,63,67H,6-12,14,16-17,22,25,28-62H2,1-5H3/b15-13-,20-18-,21-19-,24-23-,27-26-. The number of likely N-dealkylation sites (N-methyl/N-ethyl adjacent to an activating group) is 1. The van der Waals surface area contributed by atoms with Gasteiger partial charge in [-0.25, -0.2) is 0 Å². The largest absolute Gasteiger partial charge is 0.545 e. The van der Waals surface area contributed by atoms with E-state index in [1.165, 1.54) is 180 Å². The van der Waals surface area contributed by atoms with Gasteiger partial charge in [0.2, 0.25) is 0 Å². The first kappa shape index (κ1) is 73.0. The third kappa shape index (κ3) is 58.7. The van der Waals surface area contributed by atoms with Gasteiger partial charge in [-0.05, 0) is 77.0 Å². The molecule has 0 aromatic heterocycles. The van der Waals surface area contributed by atoms with Crippen LogP contribution < -0.4 is 5.11 Å². The van der Waals surface area contributed by atoms with Crippen molar-refractivity contribution in [2.75, 3.05) is 47.5 Å². The van der Waals surface area contributed by atoms with Crippen molar-refractivity contribution >= 4 is 17.9 Å². The highest BCUT2D eigenvalue weighted by Crippen LogP contribution is 2.17. The van der Waals surface area contributed by atoms with Crippen molar-refractivity contribution in [1.82, 2.24) is 0 Å². The highest BCUT2D eigenvalue weighted by Gasteiger charge is 2.22. The molecular weight excluding hydrogens is 947 g/mol. The van der Waals surface area contributed by atoms with Crippen molar-refractivity contribution in [2.24, 2.45) is 0 Å². The summed E-state index contributed by atoms with van der Waals surface area (Å²) in [4.78, 5) is 37.3. The molecule has 0 saturated heterocycles. The number of esters is 2. The lowest BCUT2D eigenvalue weighted by Crippen LogP contribution is -2.44. The average molecular weight is 1070 g/mol. The molecule has 0 aliphatic carbocycles. The second kappa shape index (κ2) is 58.1. The van der Waals surface area contributed by atoms with Crippen LogP contribution in [-0.4, -0.2) is 82.3 Å². The topological polar surface area (TPSA) is 111 Å². The molecule has 2 atom stereocenters. The molecule has 0 aliphatic heterocycles. The molecule has 0 rings (SSSR count). The fraction of sp³-hybridized carbons (Fsp3) is 0.806. The molecule has 2 unspecified atom stereocenters. The highest BCUT2D eigenvalue weighted by molar-refractivity contribution is 5.70. The van der Waals surface area contributed by atoms with E-state index >= 15 is 0 Å². The number of aliphatic carboxylic acids is 1. The van der Waals surface area contributed by atoms with Crippen LogP contribution in [-0.2, 0) is 33.3 Å². The predicted molar refractivity (Wildman–Crippen MR) is 320 cm³/mol. The molecule has 442 valence electrons. The number of allylic oxidation sites excluding steroid dienone is 10. The third-order valence-corrected chi connectivity index (χ3v) is 14.0. The molecule has 9 heteroatoms. The molecule has 9 nitrogen and oxygen atoms in total. The van der Waals surface area contributed by atoms with Crippen molar-refractivity contribution in [3.8, 4) is 0 Å². The van der Waals surface area contributed by atoms with Gasteiger partial charge in [0.05, 0.1) is 40.3 Å². The van der Waals surface area contributed by atoms with Crippen LogP contribution in [0.4, 0.5) is 0 Å². The summed E-state index contributed by atoms with van der Waals surface area (Å²) < 4.78 is 22.7. The SMILES string of the molecule is CCCC/C=C\C/C=C\CCCCCCCC(=O)OCC(COC(OCC[N+](C)(C)C)C(=O)[O-])OC(=O)CCCCCCCCCCCCCCCCCCCCCCCC/C=C\C/C=C\C/C=C\CCCCCCC. The Hall–Kier alpha value is -3.01. The minimum Gasteiger partial charge on any atom is -0.545 e. The number of hydrogen-bond acceptors (Lipinski definition) is 8. The van der Waals surface area contributed by atoms with E-state index in [0.29, 0.717) is 17.4 Å². The summed E-state index contributed by atoms with van der Waals surface area (Å²) in [7, 11) is 5.92. The summed E-state index contributed by atoms with van der Waals surface area (Å²) in [6.07, 6.45) is 71.6. The van der Waals surface area contributed by atoms with Gasteiger partial charge in [-0.2, -0.15) is 0 Å². The maximum atomic E-state index is 12.9. The third-order valence-electron chi connectivity index (χ3n) is 14.0. The van der Waals surface area contributed by atoms with Gasteiger partial charge in [-0.1, -0.05) is 261 Å². The van der Waals surface area contributed by atoms with Crippen molar-refractivity contribution in [2.45, 2.75) is 302 Å². The van der Waals surface area contributed by atoms with Gasteiger partial charge < -0.3 is 33.3 Å². The number of hydrogen-bond donors (Lipinski definition) is 0. The maximum Gasteiger partial charge on any atom is 0.306 e. The van der Waals surface area contributed by atoms with E-state index in [1.807, 2.05) is 21.1 Å². The van der Waals surface area contributed by atoms with E-state index in [4.69, 9.17) is 18.9 Å². The highest BCUT2D eigenvalue weighted by atomic mass is 16.7. The van der Waals surface area contributed by atoms with Gasteiger partial charge in [-0.15, -0.1) is 0 Å². The van der Waals surface area contributed by atoms with Crippen LogP contribution in [0, 0.1) is 0 Å². The summed E-state index contributed by atoms with van der Waals surface area (Å²) >= 11 is 0. The molecule has 0 saturated carbocycles. The molecule has 0 spiro atoms. The number of carbonyl (C=O) groups excluding carboxylic acids is 3. The molecule has 0 amide bonds. The van der Waals surface area contributed by atoms with Gasteiger partial charge in [0, 0.05) is 12.8 Å². The Bertz CT molecular complexity index is 1430. The zero-order chi connectivity index (χ0) is 55.5. The van der Waals surface area contributed by atoms with E-state index in [1.54, 1.807) is 0 Å². The monoisotopic (exact) mass is 1070 g/mol. The summed E-state index contributed by atoms with van der Waals surface area (Å²) in [5, 5.41) is 11.8. The van der Waals surface area contributed by atoms with Crippen molar-refractivity contribution < 1.29 is 42.9 Å². The van der Waals surface area contributed by atoms with E-state index < -0.39 is 24.3 Å². The molecule has 0 aromatic rings. The predicted octanol–water partition coefficient (Wildman–Crippen LogP) is 17.9. The number of ether oxygens (including phenoxy) is 4. The number of rotatable bonds is 59. The zero-order valence-corrected chi connectivity index (χ0v) is 50.4. The van der Waals surface area contributed by atoms with Gasteiger partial charge in [0.15, 0.2) is 12.4 Å². The Morgan fingerprint density at radius 1 is 0.395 bits per heavy atom. The molecule has 0 N–H and O–H groups in total. The molecule has 0 aliphatic rings. The average Bonchev–Trinajstić information content (AvgIpc) is 3.39. The molecule has 0 heterocycles. The Balaban J connectivity index is 4.00. The van der Waals surface area contributed by atoms with Crippen LogP contribution in [0.3, 0.4) is 0 Å². The first-order valence-electron chi connectivity index (χ1n) is 31.9. The molecule has 0 radical (unpaired) electrons. The quantitative estimate of drug-likeness (QED) is 0.0195. The first-order valence-corrected chi connectivity index (χ1v) is 31.9. The Labute approximate surface area is 469 Å². The summed E-state index contributed by atoms with van der Waals surface area (Å²) in [6, 6.07) is 0. The fourth-order valence-electron chi connectivity index (χ4n) is 9.03. The van der Waals surface area contributed by atoms with Gasteiger partial charge >= 0.3 is 11.9 Å². The lowest BCUT2D eigenvalue weighted by Gasteiger charge is -2.26. The first-order chi connectivity index (χ1) is 37.1. The van der Waals surface area contributed by atoms with E-state index in [-0.39, 0.29) is 38.6 Å². The van der Waals surface area contributed by atoms with Crippen LogP contribution in [0.15, 0.2) is 60.8 Å². The number of carboxylic acid groups (broad SMARTS) is 1. The molecule has 0 fully saturated rings. The zero-order valence-electron chi connectivity index (χ0n) is 50.4. The number of unbranched alkanes of at least 4 members (excludes halogenated alkanes) is 34. The number of carboxylic acids is 1. The van der Waals surface area contributed by atoms with Gasteiger partial charge in [0.25, 0.3) is 0 Å². The number of carbonyl (C=O) groups is 3. The Kier molecular flexibility index (Phi) is 55.8. The molecule has 76 heavy (non-hydrogen) atoms. The van der Waals surface area contributed by atoms with Crippen molar-refractivity contribution in [3.63, 3.8) is 0 Å². The van der Waals surface area contributed by atoms with E-state index in [2.05, 4.69) is 74.6 Å². The molecule has 0 bridgehead atoms. The van der Waals surface area contributed by atoms with Gasteiger partial charge in [0.1, 0.15) is 13.2 Å². The molecule has 0 aromatic carbocycles. The van der Waals surface area contributed by atoms with Crippen LogP contribution in [0.2, 0.25) is 0 Å². The Morgan fingerprint density at radius 2 is 0.724 bits per heavy atom. The summed E-state index contributed by atoms with van der Waals surface area (Å²) in [5.41, 5.74) is 0. The van der Waals surface area contributed by atoms with Crippen molar-refractivity contribution in [1.29, 1.82) is 0 Å². The molecular formula is C67H121NO8. The second-order valence-electron chi connectivity index (χ2n) is 22.7. The smallest absolute Gasteiger partial charge is 0.306 e. The van der Waals surface area contributed by atoms with Crippen LogP contribution in [0.25, 0.3) is 0 Å². The lowest BCUT2D eigenvalue weighted by atomic mass is 10.0. The fourth-order valence-corrected chi connectivity index (χ4v) is 9.03.